The van der Waals surface area contributed by atoms with E-state index in [-0.39, 0.29) is 5.41 Å². The van der Waals surface area contributed by atoms with Crippen LogP contribution in [0.1, 0.15) is 25.0 Å². The molecule has 0 N–H and O–H groups in total. The normalized spacial score (nSPS) is 12.8. The van der Waals surface area contributed by atoms with Crippen molar-refractivity contribution in [1.29, 1.82) is 0 Å². The zero-order valence-electron chi connectivity index (χ0n) is 30.5. The van der Waals surface area contributed by atoms with Crippen LogP contribution < -0.4 is 4.90 Å². The zero-order chi connectivity index (χ0) is 36.2. The number of rotatable bonds is 6. The Hall–Kier alpha value is -6.70. The predicted molar refractivity (Wildman–Crippen MR) is 230 cm³/mol. The fourth-order valence-corrected chi connectivity index (χ4v) is 8.67. The highest BCUT2D eigenvalue weighted by molar-refractivity contribution is 5.98. The van der Waals surface area contributed by atoms with Crippen LogP contribution in [0.5, 0.6) is 0 Å². The van der Waals surface area contributed by atoms with E-state index >= 15 is 0 Å². The molecule has 0 spiro atoms. The van der Waals surface area contributed by atoms with Gasteiger partial charge in [0.05, 0.1) is 5.69 Å². The third kappa shape index (κ3) is 5.32. The van der Waals surface area contributed by atoms with Crippen molar-refractivity contribution in [3.05, 3.63) is 211 Å². The van der Waals surface area contributed by atoms with Crippen molar-refractivity contribution < 1.29 is 0 Å². The second-order valence-electron chi connectivity index (χ2n) is 15.0. The summed E-state index contributed by atoms with van der Waals surface area (Å²) < 4.78 is 0. The fourth-order valence-electron chi connectivity index (χ4n) is 8.67. The molecule has 0 saturated carbocycles. The number of hydrogen-bond acceptors (Lipinski definition) is 1. The van der Waals surface area contributed by atoms with Gasteiger partial charge in [0, 0.05) is 22.4 Å². The summed E-state index contributed by atoms with van der Waals surface area (Å²) in [6.07, 6.45) is 0. The van der Waals surface area contributed by atoms with Gasteiger partial charge < -0.3 is 4.90 Å². The average molecular weight is 690 g/mol. The van der Waals surface area contributed by atoms with E-state index in [9.17, 15) is 0 Å². The molecule has 0 saturated heterocycles. The summed E-state index contributed by atoms with van der Waals surface area (Å²) in [5, 5.41) is 5.04. The molecule has 1 nitrogen and oxygen atoms in total. The van der Waals surface area contributed by atoms with Gasteiger partial charge in [-0.3, -0.25) is 0 Å². The maximum atomic E-state index is 2.44. The third-order valence-corrected chi connectivity index (χ3v) is 11.5. The van der Waals surface area contributed by atoms with Gasteiger partial charge in [-0.15, -0.1) is 0 Å². The van der Waals surface area contributed by atoms with Crippen LogP contribution in [0, 0.1) is 0 Å². The first-order chi connectivity index (χ1) is 26.5. The maximum Gasteiger partial charge on any atom is 0.0543 e. The number of fused-ring (bicyclic) bond motifs is 5. The summed E-state index contributed by atoms with van der Waals surface area (Å²) >= 11 is 0. The first-order valence-corrected chi connectivity index (χ1v) is 18.8. The van der Waals surface area contributed by atoms with Crippen molar-refractivity contribution in [2.75, 3.05) is 4.90 Å². The van der Waals surface area contributed by atoms with E-state index in [4.69, 9.17) is 0 Å². The Bertz CT molecular complexity index is 2840. The van der Waals surface area contributed by atoms with Crippen LogP contribution in [0.3, 0.4) is 0 Å². The molecular formula is C53H39N. The first kappa shape index (κ1) is 32.0. The molecule has 0 aliphatic heterocycles. The smallest absolute Gasteiger partial charge is 0.0543 e. The third-order valence-electron chi connectivity index (χ3n) is 11.5. The Kier molecular flexibility index (Phi) is 7.56. The Labute approximate surface area is 317 Å². The van der Waals surface area contributed by atoms with Gasteiger partial charge in [0.2, 0.25) is 0 Å². The summed E-state index contributed by atoms with van der Waals surface area (Å²) in [6.45, 7) is 4.70. The van der Waals surface area contributed by atoms with E-state index in [1.165, 1.54) is 82.9 Å². The molecule has 0 radical (unpaired) electrons. The van der Waals surface area contributed by atoms with Gasteiger partial charge in [-0.1, -0.05) is 172 Å². The molecule has 9 aromatic rings. The zero-order valence-corrected chi connectivity index (χ0v) is 30.5. The molecule has 0 amide bonds. The monoisotopic (exact) mass is 689 g/mol. The summed E-state index contributed by atoms with van der Waals surface area (Å²) in [5.41, 5.74) is 16.0. The quantitative estimate of drug-likeness (QED) is 0.168. The second kappa shape index (κ2) is 12.8. The molecule has 54 heavy (non-hydrogen) atoms. The van der Waals surface area contributed by atoms with Crippen LogP contribution in [-0.2, 0) is 5.41 Å². The van der Waals surface area contributed by atoms with Crippen molar-refractivity contribution in [1.82, 2.24) is 0 Å². The van der Waals surface area contributed by atoms with Crippen molar-refractivity contribution in [2.45, 2.75) is 19.3 Å². The molecule has 1 aliphatic carbocycles. The molecule has 9 aromatic carbocycles. The van der Waals surface area contributed by atoms with Crippen LogP contribution >= 0.6 is 0 Å². The van der Waals surface area contributed by atoms with Crippen molar-refractivity contribution >= 4 is 38.6 Å². The van der Waals surface area contributed by atoms with Gasteiger partial charge >= 0.3 is 0 Å². The molecule has 1 heteroatoms. The average Bonchev–Trinajstić information content (AvgIpc) is 3.47. The number of benzene rings is 9. The van der Waals surface area contributed by atoms with E-state index < -0.39 is 0 Å². The summed E-state index contributed by atoms with van der Waals surface area (Å²) in [5.74, 6) is 0. The van der Waals surface area contributed by atoms with E-state index in [0.29, 0.717) is 0 Å². The highest BCUT2D eigenvalue weighted by atomic mass is 15.1. The maximum absolute atomic E-state index is 2.44. The molecule has 0 aromatic heterocycles. The lowest BCUT2D eigenvalue weighted by Crippen LogP contribution is -2.16. The second-order valence-corrected chi connectivity index (χ2v) is 15.0. The Morgan fingerprint density at radius 3 is 1.67 bits per heavy atom. The molecule has 1 aliphatic rings. The first-order valence-electron chi connectivity index (χ1n) is 18.8. The molecule has 0 atom stereocenters. The number of nitrogens with zero attached hydrogens (tertiary/aromatic N) is 1. The Morgan fingerprint density at radius 1 is 0.352 bits per heavy atom. The topological polar surface area (TPSA) is 3.24 Å². The van der Waals surface area contributed by atoms with E-state index in [1.807, 2.05) is 0 Å². The van der Waals surface area contributed by atoms with Crippen molar-refractivity contribution in [2.24, 2.45) is 0 Å². The minimum absolute atomic E-state index is 0.0908. The lowest BCUT2D eigenvalue weighted by molar-refractivity contribution is 0.660. The van der Waals surface area contributed by atoms with E-state index in [1.54, 1.807) is 0 Å². The van der Waals surface area contributed by atoms with Crippen LogP contribution in [0.15, 0.2) is 200 Å². The fraction of sp³-hybridized carbons (Fsp3) is 0.0566. The Morgan fingerprint density at radius 2 is 0.889 bits per heavy atom. The van der Waals surface area contributed by atoms with Crippen LogP contribution in [0.2, 0.25) is 0 Å². The molecule has 256 valence electrons. The van der Waals surface area contributed by atoms with E-state index in [0.717, 1.165) is 11.4 Å². The van der Waals surface area contributed by atoms with Gasteiger partial charge in [-0.25, -0.2) is 0 Å². The molecule has 0 fully saturated rings. The predicted octanol–water partition coefficient (Wildman–Crippen LogP) is 14.8. The minimum atomic E-state index is -0.0908. The molecule has 0 unspecified atom stereocenters. The standard InChI is InChI=1S/C53H39N/c1-53(2)49-21-8-7-19-48(49)52-50(53)22-11-23-51(52)54(45-32-28-38(29-33-45)42-25-24-36-12-3-4-14-40(36)34-42)44-30-26-37(27-31-44)41-16-9-17-43(35-41)47-20-10-15-39-13-5-6-18-46(39)47/h3-35H,1-2H3. The molecule has 0 bridgehead atoms. The Balaban J connectivity index is 1.08. The molecule has 10 rings (SSSR count). The summed E-state index contributed by atoms with van der Waals surface area (Å²) in [4.78, 5) is 2.44. The van der Waals surface area contributed by atoms with Crippen LogP contribution in [0.4, 0.5) is 17.1 Å². The summed E-state index contributed by atoms with van der Waals surface area (Å²) in [7, 11) is 0. The van der Waals surface area contributed by atoms with Crippen LogP contribution in [0.25, 0.3) is 66.1 Å². The summed E-state index contributed by atoms with van der Waals surface area (Å²) in [6, 6.07) is 73.4. The van der Waals surface area contributed by atoms with Gasteiger partial charge in [-0.05, 0) is 114 Å². The largest absolute Gasteiger partial charge is 0.310 e. The highest BCUT2D eigenvalue weighted by Gasteiger charge is 2.37. The van der Waals surface area contributed by atoms with Gasteiger partial charge in [0.15, 0.2) is 0 Å². The van der Waals surface area contributed by atoms with Crippen molar-refractivity contribution in [3.8, 4) is 44.5 Å². The van der Waals surface area contributed by atoms with Gasteiger partial charge in [-0.2, -0.15) is 0 Å². The minimum Gasteiger partial charge on any atom is -0.310 e. The van der Waals surface area contributed by atoms with Gasteiger partial charge in [0.1, 0.15) is 0 Å². The highest BCUT2D eigenvalue weighted by Crippen LogP contribution is 2.54. The number of anilines is 3. The SMILES string of the molecule is CC1(C)c2ccccc2-c2c(N(c3ccc(-c4cccc(-c5cccc6ccccc56)c4)cc3)c3ccc(-c4ccc5ccccc5c4)cc3)cccc21. The van der Waals surface area contributed by atoms with Gasteiger partial charge in [0.25, 0.3) is 0 Å². The molecular weight excluding hydrogens is 651 g/mol. The lowest BCUT2D eigenvalue weighted by Gasteiger charge is -2.29. The van der Waals surface area contributed by atoms with Crippen LogP contribution in [-0.4, -0.2) is 0 Å². The van der Waals surface area contributed by atoms with Crippen molar-refractivity contribution in [3.63, 3.8) is 0 Å². The van der Waals surface area contributed by atoms with E-state index in [2.05, 4.69) is 219 Å². The number of hydrogen-bond donors (Lipinski definition) is 0. The molecule has 0 heterocycles. The lowest BCUT2D eigenvalue weighted by atomic mass is 9.82.